The van der Waals surface area contributed by atoms with Gasteiger partial charge in [-0.25, -0.2) is 4.79 Å². The predicted molar refractivity (Wildman–Crippen MR) is 62.0 cm³/mol. The van der Waals surface area contributed by atoms with Gasteiger partial charge in [0.15, 0.2) is 0 Å². The topological polar surface area (TPSA) is 86.7 Å². The molecule has 0 saturated heterocycles. The molecule has 0 aromatic rings. The molecule has 0 rings (SSSR count). The molecule has 7 heteroatoms. The van der Waals surface area contributed by atoms with Crippen LogP contribution in [0.25, 0.3) is 0 Å². The van der Waals surface area contributed by atoms with E-state index >= 15 is 0 Å². The zero-order valence-corrected chi connectivity index (χ0v) is 10.6. The molecule has 6 nitrogen and oxygen atoms in total. The molecule has 2 N–H and O–H groups in total. The molecule has 0 saturated carbocycles. The van der Waals surface area contributed by atoms with Crippen molar-refractivity contribution in [2.75, 3.05) is 25.9 Å². The SMILES string of the molecule is CCCCN(CCCS(=O)(=O)O)C(=O)NC. The molecule has 0 fully saturated rings. The largest absolute Gasteiger partial charge is 0.341 e. The van der Waals surface area contributed by atoms with Gasteiger partial charge in [-0.05, 0) is 12.8 Å². The molecule has 0 atom stereocenters. The van der Waals surface area contributed by atoms with Gasteiger partial charge in [0.05, 0.1) is 5.75 Å². The summed E-state index contributed by atoms with van der Waals surface area (Å²) < 4.78 is 29.6. The zero-order chi connectivity index (χ0) is 12.6. The van der Waals surface area contributed by atoms with Crippen molar-refractivity contribution >= 4 is 16.1 Å². The number of nitrogens with zero attached hydrogens (tertiary/aromatic N) is 1. The van der Waals surface area contributed by atoms with Crippen LogP contribution < -0.4 is 5.32 Å². The lowest BCUT2D eigenvalue weighted by molar-refractivity contribution is 0.199. The quantitative estimate of drug-likeness (QED) is 0.653. The number of carbonyl (C=O) groups excluding carboxylic acids is 1. The fourth-order valence-electron chi connectivity index (χ4n) is 1.26. The average molecular weight is 252 g/mol. The summed E-state index contributed by atoms with van der Waals surface area (Å²) in [4.78, 5) is 12.9. The van der Waals surface area contributed by atoms with Gasteiger partial charge in [-0.15, -0.1) is 0 Å². The number of carbonyl (C=O) groups is 1. The Morgan fingerprint density at radius 1 is 1.31 bits per heavy atom. The molecule has 16 heavy (non-hydrogen) atoms. The molecule has 0 unspecified atom stereocenters. The third-order valence-electron chi connectivity index (χ3n) is 2.11. The number of rotatable bonds is 7. The first-order valence-electron chi connectivity index (χ1n) is 5.32. The number of nitrogens with one attached hydrogen (secondary N) is 1. The van der Waals surface area contributed by atoms with E-state index in [0.717, 1.165) is 12.8 Å². The first kappa shape index (κ1) is 15.2. The predicted octanol–water partition coefficient (Wildman–Crippen LogP) is 0.706. The second-order valence-corrected chi connectivity index (χ2v) is 5.11. The minimum atomic E-state index is -3.93. The van der Waals surface area contributed by atoms with Crippen LogP contribution in [-0.4, -0.2) is 49.8 Å². The summed E-state index contributed by atoms with van der Waals surface area (Å²) in [6, 6.07) is -0.219. The van der Waals surface area contributed by atoms with Crippen LogP contribution in [0.1, 0.15) is 26.2 Å². The molecule has 0 aliphatic heterocycles. The van der Waals surface area contributed by atoms with E-state index in [4.69, 9.17) is 4.55 Å². The van der Waals surface area contributed by atoms with Crippen molar-refractivity contribution in [3.05, 3.63) is 0 Å². The van der Waals surface area contributed by atoms with Gasteiger partial charge in [-0.3, -0.25) is 4.55 Å². The lowest BCUT2D eigenvalue weighted by Gasteiger charge is -2.21. The van der Waals surface area contributed by atoms with Crippen LogP contribution in [0.2, 0.25) is 0 Å². The summed E-state index contributed by atoms with van der Waals surface area (Å²) in [5, 5.41) is 2.50. The minimum Gasteiger partial charge on any atom is -0.341 e. The van der Waals surface area contributed by atoms with Crippen molar-refractivity contribution < 1.29 is 17.8 Å². The van der Waals surface area contributed by atoms with Crippen molar-refractivity contribution in [1.29, 1.82) is 0 Å². The molecular formula is C9H20N2O4S. The summed E-state index contributed by atoms with van der Waals surface area (Å²) in [6.07, 6.45) is 2.08. The second-order valence-electron chi connectivity index (χ2n) is 3.54. The number of hydrogen-bond acceptors (Lipinski definition) is 3. The van der Waals surface area contributed by atoms with Crippen LogP contribution in [0, 0.1) is 0 Å². The summed E-state index contributed by atoms with van der Waals surface area (Å²) >= 11 is 0. The standard InChI is InChI=1S/C9H20N2O4S/c1-3-4-6-11(9(12)10-2)7-5-8-16(13,14)15/h3-8H2,1-2H3,(H,10,12)(H,13,14,15). The van der Waals surface area contributed by atoms with Crippen LogP contribution in [-0.2, 0) is 10.1 Å². The third kappa shape index (κ3) is 7.47. The fourth-order valence-corrected chi connectivity index (χ4v) is 1.75. The Morgan fingerprint density at radius 2 is 1.88 bits per heavy atom. The zero-order valence-electron chi connectivity index (χ0n) is 9.77. The van der Waals surface area contributed by atoms with Crippen LogP contribution >= 0.6 is 0 Å². The normalized spacial score (nSPS) is 11.2. The first-order chi connectivity index (χ1) is 7.40. The first-order valence-corrected chi connectivity index (χ1v) is 6.93. The van der Waals surface area contributed by atoms with Gasteiger partial charge in [0.25, 0.3) is 10.1 Å². The number of urea groups is 1. The van der Waals surface area contributed by atoms with E-state index < -0.39 is 10.1 Å². The maximum atomic E-state index is 11.4. The average Bonchev–Trinajstić information content (AvgIpc) is 2.20. The monoisotopic (exact) mass is 252 g/mol. The van der Waals surface area contributed by atoms with Crippen LogP contribution in [0.3, 0.4) is 0 Å². The molecule has 0 aliphatic rings. The smallest absolute Gasteiger partial charge is 0.317 e. The van der Waals surface area contributed by atoms with Crippen molar-refractivity contribution in [2.45, 2.75) is 26.2 Å². The van der Waals surface area contributed by atoms with E-state index in [-0.39, 0.29) is 18.2 Å². The van der Waals surface area contributed by atoms with Crippen molar-refractivity contribution in [1.82, 2.24) is 10.2 Å². The summed E-state index contributed by atoms with van der Waals surface area (Å²) in [7, 11) is -2.40. The molecular weight excluding hydrogens is 232 g/mol. The maximum absolute atomic E-state index is 11.4. The molecule has 0 aromatic carbocycles. The summed E-state index contributed by atoms with van der Waals surface area (Å²) in [5.41, 5.74) is 0. The van der Waals surface area contributed by atoms with E-state index in [1.54, 1.807) is 4.90 Å². The van der Waals surface area contributed by atoms with Gasteiger partial charge in [0, 0.05) is 20.1 Å². The lowest BCUT2D eigenvalue weighted by Crippen LogP contribution is -2.39. The van der Waals surface area contributed by atoms with Crippen molar-refractivity contribution in [3.63, 3.8) is 0 Å². The molecule has 0 aliphatic carbocycles. The van der Waals surface area contributed by atoms with Gasteiger partial charge in [0.1, 0.15) is 0 Å². The van der Waals surface area contributed by atoms with Gasteiger partial charge in [0.2, 0.25) is 0 Å². The van der Waals surface area contributed by atoms with E-state index in [0.29, 0.717) is 13.1 Å². The molecule has 0 heterocycles. The highest BCUT2D eigenvalue weighted by Gasteiger charge is 2.12. The molecule has 0 radical (unpaired) electrons. The Balaban J connectivity index is 4.06. The van der Waals surface area contributed by atoms with Crippen molar-refractivity contribution in [2.24, 2.45) is 0 Å². The minimum absolute atomic E-state index is 0.219. The molecule has 2 amide bonds. The number of unbranched alkanes of at least 4 members (excludes halogenated alkanes) is 1. The van der Waals surface area contributed by atoms with E-state index in [2.05, 4.69) is 5.32 Å². The van der Waals surface area contributed by atoms with Crippen LogP contribution in [0.4, 0.5) is 4.79 Å². The molecule has 0 spiro atoms. The molecule has 0 bridgehead atoms. The number of hydrogen-bond donors (Lipinski definition) is 2. The van der Waals surface area contributed by atoms with Gasteiger partial charge in [-0.1, -0.05) is 13.3 Å². The second kappa shape index (κ2) is 7.45. The Kier molecular flexibility index (Phi) is 7.07. The summed E-state index contributed by atoms with van der Waals surface area (Å²) in [6.45, 7) is 2.95. The van der Waals surface area contributed by atoms with Gasteiger partial charge >= 0.3 is 6.03 Å². The summed E-state index contributed by atoms with van der Waals surface area (Å²) in [5.74, 6) is -0.313. The highest BCUT2D eigenvalue weighted by molar-refractivity contribution is 7.85. The molecule has 96 valence electrons. The Morgan fingerprint density at radius 3 is 2.31 bits per heavy atom. The highest BCUT2D eigenvalue weighted by atomic mass is 32.2. The Labute approximate surface area is 96.8 Å². The van der Waals surface area contributed by atoms with Crippen LogP contribution in [0.15, 0.2) is 0 Å². The lowest BCUT2D eigenvalue weighted by atomic mass is 10.3. The van der Waals surface area contributed by atoms with E-state index in [1.165, 1.54) is 7.05 Å². The Bertz CT molecular complexity index is 303. The van der Waals surface area contributed by atoms with Gasteiger partial charge < -0.3 is 10.2 Å². The van der Waals surface area contributed by atoms with E-state index in [1.807, 2.05) is 6.92 Å². The van der Waals surface area contributed by atoms with Crippen molar-refractivity contribution in [3.8, 4) is 0 Å². The Hall–Kier alpha value is -0.820. The van der Waals surface area contributed by atoms with Gasteiger partial charge in [-0.2, -0.15) is 8.42 Å². The maximum Gasteiger partial charge on any atom is 0.317 e. The molecule has 0 aromatic heterocycles. The highest BCUT2D eigenvalue weighted by Crippen LogP contribution is 1.99. The van der Waals surface area contributed by atoms with Crippen LogP contribution in [0.5, 0.6) is 0 Å². The number of amides is 2. The fraction of sp³-hybridized carbons (Fsp3) is 0.889. The van der Waals surface area contributed by atoms with E-state index in [9.17, 15) is 13.2 Å². The third-order valence-corrected chi connectivity index (χ3v) is 2.92.